The van der Waals surface area contributed by atoms with E-state index in [4.69, 9.17) is 32.7 Å². The monoisotopic (exact) mass is 1130 g/mol. The van der Waals surface area contributed by atoms with E-state index in [-0.39, 0.29) is 12.4 Å². The number of ether oxygens (including phenoxy) is 2. The molecule has 2 atom stereocenters. The van der Waals surface area contributed by atoms with E-state index < -0.39 is 5.97 Å². The molecule has 0 spiro atoms. The number of pyridine rings is 2. The first-order chi connectivity index (χ1) is 38.1. The van der Waals surface area contributed by atoms with Crippen molar-refractivity contribution in [3.8, 4) is 33.8 Å². The van der Waals surface area contributed by atoms with E-state index in [2.05, 4.69) is 93.6 Å². The Morgan fingerprint density at radius 1 is 0.590 bits per heavy atom. The summed E-state index contributed by atoms with van der Waals surface area (Å²) in [5.74, 6) is 1.67. The number of carboxylic acid groups (broad SMARTS) is 1. The van der Waals surface area contributed by atoms with Crippen LogP contribution in [0.5, 0.6) is 11.5 Å². The molecule has 2 aliphatic heterocycles. The molecule has 6 heterocycles. The molecule has 0 saturated carbocycles. The minimum absolute atomic E-state index is 0.00929. The van der Waals surface area contributed by atoms with Gasteiger partial charge in [0.05, 0.1) is 40.5 Å². The summed E-state index contributed by atoms with van der Waals surface area (Å²) >= 11 is 17.4. The average Bonchev–Trinajstić information content (AvgIpc) is 3.92. The van der Waals surface area contributed by atoms with Crippen LogP contribution in [-0.4, -0.2) is 51.5 Å². The van der Waals surface area contributed by atoms with Crippen LogP contribution in [0, 0.1) is 0 Å². The number of aliphatic hydroxyl groups excluding tert-OH is 1. The fourth-order valence-electron chi connectivity index (χ4n) is 10.4. The van der Waals surface area contributed by atoms with Gasteiger partial charge in [0.15, 0.2) is 0 Å². The van der Waals surface area contributed by atoms with Crippen LogP contribution >= 0.6 is 58.5 Å². The predicted molar refractivity (Wildman–Crippen MR) is 321 cm³/mol. The molecule has 0 radical (unpaired) electrons. The van der Waals surface area contributed by atoms with E-state index in [0.717, 1.165) is 101 Å². The highest BCUT2D eigenvalue weighted by atomic mass is 35.5. The zero-order chi connectivity index (χ0) is 53.7. The molecule has 2 unspecified atom stereocenters. The lowest BCUT2D eigenvalue weighted by atomic mass is 10.0. The molecule has 2 aliphatic rings. The highest BCUT2D eigenvalue weighted by Crippen LogP contribution is 2.49. The van der Waals surface area contributed by atoms with Gasteiger partial charge < -0.3 is 28.8 Å². The first-order valence-electron chi connectivity index (χ1n) is 25.9. The Morgan fingerprint density at radius 3 is 1.46 bits per heavy atom. The number of carbonyl (C=O) groups is 1. The largest absolute Gasteiger partial charge is 0.487 e. The summed E-state index contributed by atoms with van der Waals surface area (Å²) in [6, 6.07) is 53.0. The lowest BCUT2D eigenvalue weighted by Gasteiger charge is -2.22. The molecule has 10 aromatic rings. The molecule has 0 fully saturated rings. The molecule has 0 bridgehead atoms. The summed E-state index contributed by atoms with van der Waals surface area (Å²) in [5.41, 5.74) is 15.3. The van der Waals surface area contributed by atoms with Gasteiger partial charge in [0.25, 0.3) is 0 Å². The van der Waals surface area contributed by atoms with Crippen LogP contribution in [0.3, 0.4) is 0 Å². The molecule has 6 aromatic carbocycles. The van der Waals surface area contributed by atoms with Crippen LogP contribution < -0.4 is 9.47 Å². The smallest absolute Gasteiger partial charge is 0.313 e. The van der Waals surface area contributed by atoms with Crippen LogP contribution in [0.15, 0.2) is 180 Å². The number of carboxylic acids is 1. The second kappa shape index (κ2) is 24.2. The van der Waals surface area contributed by atoms with Gasteiger partial charge in [-0.25, -0.2) is 0 Å². The summed E-state index contributed by atoms with van der Waals surface area (Å²) < 4.78 is 17.4. The van der Waals surface area contributed by atoms with Crippen molar-refractivity contribution in [1.29, 1.82) is 0 Å². The van der Waals surface area contributed by atoms with Crippen LogP contribution in [-0.2, 0) is 56.3 Å². The van der Waals surface area contributed by atoms with Gasteiger partial charge in [0.2, 0.25) is 0 Å². The quantitative estimate of drug-likeness (QED) is 0.0914. The predicted octanol–water partition coefficient (Wildman–Crippen LogP) is 15.9. The molecule has 14 heteroatoms. The van der Waals surface area contributed by atoms with Crippen molar-refractivity contribution in [3.05, 3.63) is 225 Å². The van der Waals surface area contributed by atoms with Crippen LogP contribution in [0.4, 0.5) is 0 Å². The summed E-state index contributed by atoms with van der Waals surface area (Å²) in [7, 11) is 0. The number of thioether (sulfide) groups is 3. The first-order valence-corrected chi connectivity index (χ1v) is 29.6. The minimum atomic E-state index is -0.799. The summed E-state index contributed by atoms with van der Waals surface area (Å²) in [4.78, 5) is 23.0. The van der Waals surface area contributed by atoms with Crippen molar-refractivity contribution in [2.45, 2.75) is 85.6 Å². The highest BCUT2D eigenvalue weighted by molar-refractivity contribution is 8.00. The van der Waals surface area contributed by atoms with Crippen molar-refractivity contribution in [1.82, 2.24) is 19.1 Å². The zero-order valence-corrected chi connectivity index (χ0v) is 47.0. The number of halogens is 2. The minimum Gasteiger partial charge on any atom is -0.487 e. The zero-order valence-electron chi connectivity index (χ0n) is 43.1. The van der Waals surface area contributed by atoms with E-state index in [1.54, 1.807) is 0 Å². The van der Waals surface area contributed by atoms with Crippen molar-refractivity contribution in [2.24, 2.45) is 0 Å². The maximum absolute atomic E-state index is 11.3. The van der Waals surface area contributed by atoms with Gasteiger partial charge in [-0.2, -0.15) is 0 Å². The molecule has 0 saturated heterocycles. The van der Waals surface area contributed by atoms with Crippen molar-refractivity contribution in [3.63, 3.8) is 0 Å². The topological polar surface area (TPSA) is 112 Å². The van der Waals surface area contributed by atoms with Gasteiger partial charge in [-0.1, -0.05) is 134 Å². The van der Waals surface area contributed by atoms with E-state index in [0.29, 0.717) is 47.6 Å². The maximum Gasteiger partial charge on any atom is 0.313 e. The normalized spacial score (nSPS) is 14.5. The highest BCUT2D eigenvalue weighted by Gasteiger charge is 2.31. The third-order valence-electron chi connectivity index (χ3n) is 14.1. The van der Waals surface area contributed by atoms with Crippen molar-refractivity contribution < 1.29 is 24.5 Å². The molecule has 9 nitrogen and oxygen atoms in total. The van der Waals surface area contributed by atoms with Crippen LogP contribution in [0.1, 0.15) is 58.9 Å². The second-order valence-electron chi connectivity index (χ2n) is 19.5. The number of aliphatic carboxylic acids is 1. The molecular weight excluding hydrogens is 1070 g/mol. The number of aromatic nitrogens is 4. The van der Waals surface area contributed by atoms with Crippen molar-refractivity contribution in [2.75, 3.05) is 5.75 Å². The third-order valence-corrected chi connectivity index (χ3v) is 18.0. The maximum atomic E-state index is 11.3. The Kier molecular flexibility index (Phi) is 16.5. The summed E-state index contributed by atoms with van der Waals surface area (Å²) in [6.45, 7) is 6.62. The van der Waals surface area contributed by atoms with Gasteiger partial charge in [-0.15, -0.1) is 35.3 Å². The first kappa shape index (κ1) is 53.4. The van der Waals surface area contributed by atoms with E-state index in [1.807, 2.05) is 133 Å². The van der Waals surface area contributed by atoms with E-state index >= 15 is 0 Å². The SMILES string of the molecule is CC1Cc2c(OCc3ccc(-c4ccccc4)cn3)ccc3c2c(c(CO)n3Cc2ccc(Cl)cc2)S1.CC1Cc2c(OCc3ccc(-c4ccccc4)cn3)ccc3c2c(c(CSCC(=O)O)n3Cc2ccc(Cl)cc2)S1. The fourth-order valence-corrected chi connectivity index (χ4v) is 14.1. The molecule has 0 aliphatic carbocycles. The number of hydrogen-bond acceptors (Lipinski definition) is 9. The molecule has 0 amide bonds. The Labute approximate surface area is 477 Å². The van der Waals surface area contributed by atoms with Gasteiger partial charge in [0, 0.05) is 100 Å². The van der Waals surface area contributed by atoms with Crippen LogP contribution in [0.25, 0.3) is 44.1 Å². The fraction of sp³-hybridized carbons (Fsp3) is 0.203. The molecule has 394 valence electrons. The van der Waals surface area contributed by atoms with Gasteiger partial charge >= 0.3 is 5.97 Å². The van der Waals surface area contributed by atoms with E-state index in [1.165, 1.54) is 38.6 Å². The molecule has 4 aromatic heterocycles. The van der Waals surface area contributed by atoms with Gasteiger partial charge in [0.1, 0.15) is 24.7 Å². The summed E-state index contributed by atoms with van der Waals surface area (Å²) in [5, 5.41) is 24.3. The Bertz CT molecular complexity index is 3730. The number of nitrogens with zero attached hydrogens (tertiary/aromatic N) is 4. The Hall–Kier alpha value is -6.64. The number of rotatable bonds is 17. The van der Waals surface area contributed by atoms with E-state index in [9.17, 15) is 15.0 Å². The van der Waals surface area contributed by atoms with Gasteiger partial charge in [-0.05, 0) is 95.8 Å². The second-order valence-corrected chi connectivity index (χ2v) is 24.3. The standard InChI is InChI=1S/C33H29ClN2O3S2.C31H27ClN2O2S/c1-21-15-27-30(39-18-26-12-9-24(16-35-26)23-5-3-2-4-6-23)14-13-28-32(27)33(41-21)29(19-40-20-31(37)38)36(28)17-22-7-10-25(34)11-8-22;1-20-15-26-29(36-19-25-12-9-23(16-33-25)22-5-3-2-4-6-22)14-13-27-30(26)31(37-20)28(18-35)34(27)17-21-7-10-24(32)11-8-21/h2-14,16,21H,15,17-20H2,1H3,(H,37,38);2-14,16,20,35H,15,17-19H2,1H3. The number of aliphatic hydroxyl groups is 1. The summed E-state index contributed by atoms with van der Waals surface area (Å²) in [6.07, 6.45) is 5.62. The van der Waals surface area contributed by atoms with Crippen LogP contribution in [0.2, 0.25) is 10.0 Å². The lowest BCUT2D eigenvalue weighted by Crippen LogP contribution is -2.10. The lowest BCUT2D eigenvalue weighted by molar-refractivity contribution is -0.133. The molecular formula is C64H56Cl2N4O5S3. The molecule has 78 heavy (non-hydrogen) atoms. The number of benzene rings is 6. The van der Waals surface area contributed by atoms with Gasteiger partial charge in [-0.3, -0.25) is 14.8 Å². The third kappa shape index (κ3) is 11.9. The van der Waals surface area contributed by atoms with Crippen molar-refractivity contribution >= 4 is 86.3 Å². The Morgan fingerprint density at radius 2 is 1.04 bits per heavy atom. The number of hydrogen-bond donors (Lipinski definition) is 2. The average molecular weight is 1130 g/mol. The molecule has 12 rings (SSSR count). The molecule has 2 N–H and O–H groups in total. The Balaban J connectivity index is 0.000000166.